The average Bonchev–Trinajstić information content (AvgIpc) is 3.77. The van der Waals surface area contributed by atoms with Crippen molar-refractivity contribution in [3.05, 3.63) is 108 Å². The van der Waals surface area contributed by atoms with Gasteiger partial charge >= 0.3 is 0 Å². The summed E-state index contributed by atoms with van der Waals surface area (Å²) >= 11 is 0. The van der Waals surface area contributed by atoms with E-state index >= 15 is 0 Å². The van der Waals surface area contributed by atoms with Crippen molar-refractivity contribution in [2.75, 3.05) is 39.6 Å². The first-order chi connectivity index (χ1) is 17.8. The second kappa shape index (κ2) is 10.4. The third kappa shape index (κ3) is 5.25. The molecular formula is C30H32O6. The van der Waals surface area contributed by atoms with Gasteiger partial charge in [-0.3, -0.25) is 0 Å². The van der Waals surface area contributed by atoms with Crippen LogP contribution in [0.4, 0.5) is 0 Å². The molecule has 6 nitrogen and oxygen atoms in total. The monoisotopic (exact) mass is 488 g/mol. The third-order valence-corrected chi connectivity index (χ3v) is 6.87. The van der Waals surface area contributed by atoms with Crippen LogP contribution >= 0.6 is 0 Å². The van der Waals surface area contributed by atoms with Gasteiger partial charge in [-0.1, -0.05) is 91.0 Å². The molecule has 6 rings (SSSR count). The molecule has 3 aromatic rings. The Hall–Kier alpha value is -2.58. The summed E-state index contributed by atoms with van der Waals surface area (Å²) < 4.78 is 37.5. The third-order valence-electron chi connectivity index (χ3n) is 6.87. The minimum Gasteiger partial charge on any atom is -0.371 e. The first-order valence-electron chi connectivity index (χ1n) is 12.7. The number of rotatable bonds is 14. The van der Waals surface area contributed by atoms with E-state index in [0.717, 1.165) is 16.7 Å². The number of ether oxygens (including phenoxy) is 6. The van der Waals surface area contributed by atoms with Gasteiger partial charge in [0.25, 0.3) is 0 Å². The maximum atomic E-state index is 7.01. The molecule has 3 unspecified atom stereocenters. The highest BCUT2D eigenvalue weighted by molar-refractivity contribution is 5.41. The molecule has 0 radical (unpaired) electrons. The Balaban J connectivity index is 1.54. The van der Waals surface area contributed by atoms with Gasteiger partial charge < -0.3 is 28.4 Å². The van der Waals surface area contributed by atoms with Crippen LogP contribution in [0.1, 0.15) is 16.7 Å². The van der Waals surface area contributed by atoms with Crippen molar-refractivity contribution in [3.63, 3.8) is 0 Å². The first-order valence-corrected chi connectivity index (χ1v) is 12.7. The van der Waals surface area contributed by atoms with E-state index in [1.807, 2.05) is 54.6 Å². The van der Waals surface area contributed by atoms with Crippen molar-refractivity contribution in [1.82, 2.24) is 0 Å². The Morgan fingerprint density at radius 3 is 1.36 bits per heavy atom. The van der Waals surface area contributed by atoms with Crippen LogP contribution in [0.25, 0.3) is 0 Å². The number of hydrogen-bond donors (Lipinski definition) is 0. The quantitative estimate of drug-likeness (QED) is 0.251. The SMILES string of the molecule is c1ccc(CC(OCC2CO2)(OCC2CO2)C(OCC2CO2)(c2ccccc2)c2ccccc2)cc1. The Bertz CT molecular complexity index is 1040. The lowest BCUT2D eigenvalue weighted by atomic mass is 9.76. The molecule has 3 atom stereocenters. The predicted octanol–water partition coefficient (Wildman–Crippen LogP) is 4.12. The van der Waals surface area contributed by atoms with Gasteiger partial charge in [-0.2, -0.15) is 0 Å². The molecule has 0 aromatic heterocycles. The lowest BCUT2D eigenvalue weighted by Crippen LogP contribution is -2.60. The summed E-state index contributed by atoms with van der Waals surface area (Å²) in [6.07, 6.45) is 0.640. The first kappa shape index (κ1) is 23.8. The van der Waals surface area contributed by atoms with Gasteiger partial charge in [-0.25, -0.2) is 0 Å². The van der Waals surface area contributed by atoms with Crippen LogP contribution < -0.4 is 0 Å². The molecule has 0 saturated carbocycles. The fourth-order valence-electron chi connectivity index (χ4n) is 4.73. The number of hydrogen-bond acceptors (Lipinski definition) is 6. The normalized spacial score (nSPS) is 24.2. The molecule has 3 saturated heterocycles. The van der Waals surface area contributed by atoms with Gasteiger partial charge in [0.2, 0.25) is 5.79 Å². The molecule has 3 fully saturated rings. The number of benzene rings is 3. The second-order valence-corrected chi connectivity index (χ2v) is 9.63. The van der Waals surface area contributed by atoms with E-state index in [4.69, 9.17) is 28.4 Å². The van der Waals surface area contributed by atoms with Gasteiger partial charge in [0.05, 0.1) is 39.6 Å². The van der Waals surface area contributed by atoms with E-state index in [-0.39, 0.29) is 18.3 Å². The largest absolute Gasteiger partial charge is 0.371 e. The zero-order chi connectivity index (χ0) is 24.3. The summed E-state index contributed by atoms with van der Waals surface area (Å²) in [5.74, 6) is -1.20. The fraction of sp³-hybridized carbons (Fsp3) is 0.400. The molecule has 36 heavy (non-hydrogen) atoms. The molecule has 0 bridgehead atoms. The molecule has 3 aliphatic heterocycles. The molecule has 3 aliphatic rings. The van der Waals surface area contributed by atoms with Crippen LogP contribution in [-0.2, 0) is 40.4 Å². The van der Waals surface area contributed by atoms with Crippen molar-refractivity contribution in [1.29, 1.82) is 0 Å². The van der Waals surface area contributed by atoms with Crippen LogP contribution in [0.3, 0.4) is 0 Å². The van der Waals surface area contributed by atoms with Crippen LogP contribution in [0.5, 0.6) is 0 Å². The van der Waals surface area contributed by atoms with Crippen molar-refractivity contribution >= 4 is 0 Å². The van der Waals surface area contributed by atoms with Gasteiger partial charge in [-0.15, -0.1) is 0 Å². The smallest absolute Gasteiger partial charge is 0.210 e. The van der Waals surface area contributed by atoms with E-state index in [1.165, 1.54) is 0 Å². The Morgan fingerprint density at radius 2 is 0.944 bits per heavy atom. The molecule has 6 heteroatoms. The highest BCUT2D eigenvalue weighted by atomic mass is 16.7. The van der Waals surface area contributed by atoms with E-state index in [1.54, 1.807) is 0 Å². The lowest BCUT2D eigenvalue weighted by molar-refractivity contribution is -0.328. The zero-order valence-electron chi connectivity index (χ0n) is 20.3. The lowest BCUT2D eigenvalue weighted by Gasteiger charge is -2.50. The van der Waals surface area contributed by atoms with Crippen molar-refractivity contribution in [2.24, 2.45) is 0 Å². The van der Waals surface area contributed by atoms with E-state index in [2.05, 4.69) is 36.4 Å². The highest BCUT2D eigenvalue weighted by Crippen LogP contribution is 2.49. The molecule has 188 valence electrons. The Kier molecular flexibility index (Phi) is 6.89. The fourth-order valence-corrected chi connectivity index (χ4v) is 4.73. The van der Waals surface area contributed by atoms with Crippen LogP contribution in [0.15, 0.2) is 91.0 Å². The van der Waals surface area contributed by atoms with Gasteiger partial charge in [-0.05, 0) is 16.7 Å². The summed E-state index contributed by atoms with van der Waals surface area (Å²) in [5, 5.41) is 0. The molecule has 3 heterocycles. The highest BCUT2D eigenvalue weighted by Gasteiger charge is 2.59. The topological polar surface area (TPSA) is 65.3 Å². The van der Waals surface area contributed by atoms with E-state index in [9.17, 15) is 0 Å². The van der Waals surface area contributed by atoms with E-state index < -0.39 is 11.4 Å². The zero-order valence-corrected chi connectivity index (χ0v) is 20.3. The standard InChI is InChI=1S/C30H32O6/c1-4-10-23(11-5-1)16-29(34-20-26-17-31-26,35-21-27-18-32-27)30(36-22-28-19-33-28,24-12-6-2-7-13-24)25-14-8-3-9-15-25/h1-15,26-28H,16-22H2. The van der Waals surface area contributed by atoms with Crippen molar-refractivity contribution < 1.29 is 28.4 Å². The minimum atomic E-state index is -1.20. The summed E-state index contributed by atoms with van der Waals surface area (Å²) in [6, 6.07) is 30.8. The summed E-state index contributed by atoms with van der Waals surface area (Å²) in [5.41, 5.74) is 1.93. The Labute approximate surface area is 212 Å². The predicted molar refractivity (Wildman–Crippen MR) is 134 cm³/mol. The maximum absolute atomic E-state index is 7.01. The molecule has 0 N–H and O–H groups in total. The molecule has 0 amide bonds. The molecule has 0 spiro atoms. The van der Waals surface area contributed by atoms with E-state index in [0.29, 0.717) is 46.1 Å². The summed E-state index contributed by atoms with van der Waals surface area (Å²) in [7, 11) is 0. The van der Waals surface area contributed by atoms with Gasteiger partial charge in [0, 0.05) is 6.42 Å². The van der Waals surface area contributed by atoms with Crippen molar-refractivity contribution in [2.45, 2.75) is 36.1 Å². The van der Waals surface area contributed by atoms with Crippen LogP contribution in [0.2, 0.25) is 0 Å². The van der Waals surface area contributed by atoms with Gasteiger partial charge in [0.15, 0.2) is 5.60 Å². The Morgan fingerprint density at radius 1 is 0.556 bits per heavy atom. The van der Waals surface area contributed by atoms with Crippen molar-refractivity contribution in [3.8, 4) is 0 Å². The van der Waals surface area contributed by atoms with Crippen LogP contribution in [-0.4, -0.2) is 63.7 Å². The van der Waals surface area contributed by atoms with Crippen LogP contribution in [0, 0.1) is 0 Å². The number of epoxide rings is 3. The maximum Gasteiger partial charge on any atom is 0.210 e. The molecular weight excluding hydrogens is 456 g/mol. The average molecular weight is 489 g/mol. The molecule has 0 aliphatic carbocycles. The molecule has 3 aromatic carbocycles. The summed E-state index contributed by atoms with van der Waals surface area (Å²) in [4.78, 5) is 0. The minimum absolute atomic E-state index is 0.0527. The summed E-state index contributed by atoms with van der Waals surface area (Å²) in [6.45, 7) is 3.30. The second-order valence-electron chi connectivity index (χ2n) is 9.63. The van der Waals surface area contributed by atoms with Gasteiger partial charge in [0.1, 0.15) is 18.3 Å².